The molecule has 146 valence electrons. The number of carbonyl (C=O) groups is 2. The quantitative estimate of drug-likeness (QED) is 0.692. The number of nitrogens with zero attached hydrogens (tertiary/aromatic N) is 2. The molecule has 0 bridgehead atoms. The Labute approximate surface area is 172 Å². The molecule has 2 heterocycles. The molecular weight excluding hydrogens is 386 g/mol. The van der Waals surface area contributed by atoms with Crippen molar-refractivity contribution in [3.8, 4) is 0 Å². The molecule has 7 heteroatoms. The Morgan fingerprint density at radius 1 is 1.07 bits per heavy atom. The van der Waals surface area contributed by atoms with E-state index in [1.807, 2.05) is 48.7 Å². The Bertz CT molecular complexity index is 1060. The van der Waals surface area contributed by atoms with E-state index in [4.69, 9.17) is 4.74 Å². The van der Waals surface area contributed by atoms with Crippen molar-refractivity contribution in [3.63, 3.8) is 0 Å². The van der Waals surface area contributed by atoms with Crippen molar-refractivity contribution >= 4 is 34.7 Å². The van der Waals surface area contributed by atoms with Crippen LogP contribution in [0.2, 0.25) is 0 Å². The van der Waals surface area contributed by atoms with E-state index in [9.17, 15) is 9.59 Å². The van der Waals surface area contributed by atoms with Gasteiger partial charge in [0, 0.05) is 23.7 Å². The van der Waals surface area contributed by atoms with Gasteiger partial charge < -0.3 is 10.1 Å². The summed E-state index contributed by atoms with van der Waals surface area (Å²) >= 11 is 1.50. The van der Waals surface area contributed by atoms with Gasteiger partial charge in [0.25, 0.3) is 11.8 Å². The number of benzene rings is 2. The molecule has 2 aromatic carbocycles. The molecule has 0 unspecified atom stereocenters. The smallest absolute Gasteiger partial charge is 0.255 e. The highest BCUT2D eigenvalue weighted by molar-refractivity contribution is 7.12. The van der Waals surface area contributed by atoms with Gasteiger partial charge >= 0.3 is 0 Å². The predicted octanol–water partition coefficient (Wildman–Crippen LogP) is 4.55. The molecule has 1 atom stereocenters. The van der Waals surface area contributed by atoms with E-state index in [2.05, 4.69) is 10.4 Å². The molecule has 0 radical (unpaired) electrons. The van der Waals surface area contributed by atoms with Gasteiger partial charge in [0.2, 0.25) is 12.1 Å². The third kappa shape index (κ3) is 4.05. The van der Waals surface area contributed by atoms with Gasteiger partial charge in [-0.05, 0) is 42.6 Å². The van der Waals surface area contributed by atoms with Crippen LogP contribution in [0.4, 0.5) is 5.69 Å². The number of thiophene rings is 1. The highest BCUT2D eigenvalue weighted by Gasteiger charge is 2.33. The van der Waals surface area contributed by atoms with Gasteiger partial charge in [-0.1, -0.05) is 35.9 Å². The van der Waals surface area contributed by atoms with E-state index < -0.39 is 6.23 Å². The molecule has 2 amide bonds. The highest BCUT2D eigenvalue weighted by atomic mass is 32.1. The summed E-state index contributed by atoms with van der Waals surface area (Å²) in [5.41, 5.74) is 3.12. The van der Waals surface area contributed by atoms with Crippen LogP contribution in [-0.4, -0.2) is 22.7 Å². The van der Waals surface area contributed by atoms with Gasteiger partial charge in [-0.2, -0.15) is 5.01 Å². The summed E-state index contributed by atoms with van der Waals surface area (Å²) < 4.78 is 5.95. The van der Waals surface area contributed by atoms with Crippen molar-refractivity contribution < 1.29 is 14.3 Å². The second-order valence-electron chi connectivity index (χ2n) is 6.66. The predicted molar refractivity (Wildman–Crippen MR) is 113 cm³/mol. The number of ether oxygens (including phenoxy) is 1. The van der Waals surface area contributed by atoms with Gasteiger partial charge in [-0.15, -0.1) is 16.4 Å². The maximum Gasteiger partial charge on any atom is 0.255 e. The summed E-state index contributed by atoms with van der Waals surface area (Å²) in [5, 5.41) is 10.5. The lowest BCUT2D eigenvalue weighted by Gasteiger charge is -2.19. The average Bonchev–Trinajstić information content (AvgIpc) is 3.39. The third-order valence-corrected chi connectivity index (χ3v) is 5.32. The first kappa shape index (κ1) is 18.9. The number of rotatable bonds is 4. The molecule has 6 nitrogen and oxygen atoms in total. The van der Waals surface area contributed by atoms with Gasteiger partial charge in [0.15, 0.2) is 0 Å². The fraction of sp³-hybridized carbons (Fsp3) is 0.136. The summed E-state index contributed by atoms with van der Waals surface area (Å²) in [7, 11) is 0. The second-order valence-corrected chi connectivity index (χ2v) is 7.61. The Kier molecular flexibility index (Phi) is 5.14. The lowest BCUT2D eigenvalue weighted by molar-refractivity contribution is -0.135. The van der Waals surface area contributed by atoms with E-state index in [1.54, 1.807) is 24.3 Å². The molecule has 29 heavy (non-hydrogen) atoms. The maximum absolute atomic E-state index is 12.4. The van der Waals surface area contributed by atoms with Crippen molar-refractivity contribution in [1.82, 2.24) is 5.01 Å². The van der Waals surface area contributed by atoms with Gasteiger partial charge in [-0.3, -0.25) is 9.59 Å². The SMILES string of the molecule is CC(=O)N1N=C(c2cccs2)O[C@H]1c1ccc(NC(=O)c2ccc(C)cc2)cc1. The van der Waals surface area contributed by atoms with E-state index >= 15 is 0 Å². The highest BCUT2D eigenvalue weighted by Crippen LogP contribution is 2.31. The standard InChI is InChI=1S/C22H19N3O3S/c1-14-5-7-16(8-6-14)20(27)23-18-11-9-17(10-12-18)22-25(15(2)26)24-21(28-22)19-4-3-13-29-19/h3-13,22H,1-2H3,(H,23,27)/t22-/m0/s1. The fourth-order valence-corrected chi connectivity index (χ4v) is 3.57. The summed E-state index contributed by atoms with van der Waals surface area (Å²) in [5.74, 6) is 0.0406. The first-order valence-corrected chi connectivity index (χ1v) is 9.96. The molecule has 1 aromatic heterocycles. The van der Waals surface area contributed by atoms with Crippen molar-refractivity contribution in [1.29, 1.82) is 0 Å². The van der Waals surface area contributed by atoms with Crippen molar-refractivity contribution in [2.24, 2.45) is 5.10 Å². The number of hydrogen-bond donors (Lipinski definition) is 1. The zero-order valence-corrected chi connectivity index (χ0v) is 16.8. The van der Waals surface area contributed by atoms with E-state index in [0.717, 1.165) is 16.0 Å². The van der Waals surface area contributed by atoms with Crippen LogP contribution in [-0.2, 0) is 9.53 Å². The van der Waals surface area contributed by atoms with Crippen LogP contribution in [0.3, 0.4) is 0 Å². The van der Waals surface area contributed by atoms with Crippen LogP contribution in [0, 0.1) is 6.92 Å². The van der Waals surface area contributed by atoms with Crippen LogP contribution < -0.4 is 5.32 Å². The Morgan fingerprint density at radius 2 is 1.79 bits per heavy atom. The minimum absolute atomic E-state index is 0.177. The minimum Gasteiger partial charge on any atom is -0.445 e. The molecule has 0 spiro atoms. The molecule has 1 aliphatic rings. The lowest BCUT2D eigenvalue weighted by Crippen LogP contribution is -2.25. The molecule has 4 rings (SSSR count). The molecule has 0 saturated heterocycles. The molecular formula is C22H19N3O3S. The molecule has 1 aliphatic heterocycles. The van der Waals surface area contributed by atoms with E-state index in [1.165, 1.54) is 23.3 Å². The number of anilines is 1. The summed E-state index contributed by atoms with van der Waals surface area (Å²) in [6.45, 7) is 3.43. The first-order chi connectivity index (χ1) is 14.0. The van der Waals surface area contributed by atoms with Gasteiger partial charge in [-0.25, -0.2) is 0 Å². The first-order valence-electron chi connectivity index (χ1n) is 9.08. The molecule has 0 saturated carbocycles. The molecule has 0 fully saturated rings. The van der Waals surface area contributed by atoms with Gasteiger partial charge in [0.1, 0.15) is 0 Å². The van der Waals surface area contributed by atoms with Crippen molar-refractivity contribution in [3.05, 3.63) is 87.6 Å². The number of carbonyl (C=O) groups excluding carboxylic acids is 2. The molecule has 0 aliphatic carbocycles. The lowest BCUT2D eigenvalue weighted by atomic mass is 10.1. The second kappa shape index (κ2) is 7.89. The maximum atomic E-state index is 12.4. The Hall–Kier alpha value is -3.45. The largest absolute Gasteiger partial charge is 0.445 e. The fourth-order valence-electron chi connectivity index (χ4n) is 2.92. The monoisotopic (exact) mass is 405 g/mol. The number of hydrogen-bond acceptors (Lipinski definition) is 5. The number of hydrazone groups is 1. The number of aryl methyl sites for hydroxylation is 1. The van der Waals surface area contributed by atoms with Crippen LogP contribution in [0.15, 0.2) is 71.1 Å². The molecule has 1 N–H and O–H groups in total. The summed E-state index contributed by atoms with van der Waals surface area (Å²) in [6.07, 6.45) is -0.633. The van der Waals surface area contributed by atoms with E-state index in [0.29, 0.717) is 17.1 Å². The number of nitrogens with one attached hydrogen (secondary N) is 1. The van der Waals surface area contributed by atoms with Gasteiger partial charge in [0.05, 0.1) is 4.88 Å². The van der Waals surface area contributed by atoms with Crippen LogP contribution in [0.5, 0.6) is 0 Å². The topological polar surface area (TPSA) is 71.0 Å². The number of amides is 2. The molecule has 3 aromatic rings. The van der Waals surface area contributed by atoms with Crippen molar-refractivity contribution in [2.75, 3.05) is 5.32 Å². The summed E-state index contributed by atoms with van der Waals surface area (Å²) in [6, 6.07) is 18.4. The zero-order chi connectivity index (χ0) is 20.4. The van der Waals surface area contributed by atoms with Crippen LogP contribution in [0.25, 0.3) is 0 Å². The third-order valence-electron chi connectivity index (χ3n) is 4.47. The zero-order valence-electron chi connectivity index (χ0n) is 16.0. The van der Waals surface area contributed by atoms with Crippen LogP contribution >= 0.6 is 11.3 Å². The Morgan fingerprint density at radius 3 is 2.41 bits per heavy atom. The normalized spacial score (nSPS) is 15.6. The van der Waals surface area contributed by atoms with Crippen LogP contribution in [0.1, 0.15) is 39.5 Å². The minimum atomic E-state index is -0.633. The van der Waals surface area contributed by atoms with Crippen molar-refractivity contribution in [2.45, 2.75) is 20.1 Å². The Balaban J connectivity index is 1.49. The van der Waals surface area contributed by atoms with E-state index in [-0.39, 0.29) is 11.8 Å². The summed E-state index contributed by atoms with van der Waals surface area (Å²) in [4.78, 5) is 25.3. The average molecular weight is 405 g/mol.